The first kappa shape index (κ1) is 22.8. The molecule has 0 radical (unpaired) electrons. The molecular formula is C25H28N2O6. The van der Waals surface area contributed by atoms with Crippen molar-refractivity contribution in [1.82, 2.24) is 4.90 Å². The lowest BCUT2D eigenvalue weighted by Crippen LogP contribution is -2.48. The number of benzene rings is 2. The minimum absolute atomic E-state index is 0.0710. The SMILES string of the molecule is COc1ccc(C(=O)N(CC2CCCO2)C2CC(=O)N(c3ccc(C)cc3)C2=O)cc1OC. The predicted molar refractivity (Wildman–Crippen MR) is 122 cm³/mol. The largest absolute Gasteiger partial charge is 0.493 e. The number of hydrogen-bond donors (Lipinski definition) is 0. The van der Waals surface area contributed by atoms with E-state index in [4.69, 9.17) is 14.2 Å². The first-order chi connectivity index (χ1) is 15.9. The highest BCUT2D eigenvalue weighted by atomic mass is 16.5. The van der Waals surface area contributed by atoms with Crippen molar-refractivity contribution in [3.8, 4) is 11.5 Å². The molecule has 0 spiro atoms. The number of imide groups is 1. The van der Waals surface area contributed by atoms with Gasteiger partial charge in [0.15, 0.2) is 11.5 Å². The summed E-state index contributed by atoms with van der Waals surface area (Å²) in [4.78, 5) is 42.5. The molecule has 3 amide bonds. The quantitative estimate of drug-likeness (QED) is 0.601. The van der Waals surface area contributed by atoms with E-state index < -0.39 is 11.9 Å². The average Bonchev–Trinajstić information content (AvgIpc) is 3.44. The standard InChI is InChI=1S/C25H28N2O6/c1-16-6-9-18(10-7-16)27-23(28)14-20(25(27)30)26(15-19-5-4-12-33-19)24(29)17-8-11-21(31-2)22(13-17)32-3/h6-11,13,19-20H,4-5,12,14-15H2,1-3H3. The second kappa shape index (κ2) is 9.62. The van der Waals surface area contributed by atoms with E-state index in [2.05, 4.69) is 0 Å². The first-order valence-electron chi connectivity index (χ1n) is 11.0. The zero-order chi connectivity index (χ0) is 23.5. The number of carbonyl (C=O) groups excluding carboxylic acids is 3. The molecule has 4 rings (SSSR count). The Labute approximate surface area is 193 Å². The Bertz CT molecular complexity index is 1050. The van der Waals surface area contributed by atoms with Crippen LogP contribution in [0, 0.1) is 6.92 Å². The van der Waals surface area contributed by atoms with Gasteiger partial charge in [-0.2, -0.15) is 0 Å². The fourth-order valence-corrected chi connectivity index (χ4v) is 4.32. The fraction of sp³-hybridized carbons (Fsp3) is 0.400. The second-order valence-corrected chi connectivity index (χ2v) is 8.29. The van der Waals surface area contributed by atoms with Crippen LogP contribution >= 0.6 is 0 Å². The Balaban J connectivity index is 1.65. The smallest absolute Gasteiger partial charge is 0.257 e. The molecule has 2 fully saturated rings. The normalized spacial score (nSPS) is 20.3. The van der Waals surface area contributed by atoms with Crippen molar-refractivity contribution in [1.29, 1.82) is 0 Å². The number of nitrogens with zero attached hydrogens (tertiary/aromatic N) is 2. The highest BCUT2D eigenvalue weighted by Crippen LogP contribution is 2.31. The molecule has 8 heteroatoms. The molecule has 0 bridgehead atoms. The second-order valence-electron chi connectivity index (χ2n) is 8.29. The monoisotopic (exact) mass is 452 g/mol. The molecule has 2 saturated heterocycles. The molecule has 2 unspecified atom stereocenters. The maximum Gasteiger partial charge on any atom is 0.257 e. The molecule has 174 valence electrons. The molecule has 0 saturated carbocycles. The molecule has 0 aromatic heterocycles. The van der Waals surface area contributed by atoms with Gasteiger partial charge in [-0.1, -0.05) is 17.7 Å². The summed E-state index contributed by atoms with van der Waals surface area (Å²) in [5.41, 5.74) is 1.88. The molecule has 2 aromatic rings. The number of rotatable bonds is 7. The van der Waals surface area contributed by atoms with E-state index in [-0.39, 0.29) is 30.9 Å². The van der Waals surface area contributed by atoms with Crippen LogP contribution in [-0.2, 0) is 14.3 Å². The van der Waals surface area contributed by atoms with Gasteiger partial charge in [-0.15, -0.1) is 0 Å². The summed E-state index contributed by atoms with van der Waals surface area (Å²) in [6.07, 6.45) is 1.45. The molecule has 33 heavy (non-hydrogen) atoms. The predicted octanol–water partition coefficient (Wildman–Crippen LogP) is 2.97. The zero-order valence-electron chi connectivity index (χ0n) is 19.1. The summed E-state index contributed by atoms with van der Waals surface area (Å²) < 4.78 is 16.4. The van der Waals surface area contributed by atoms with Crippen LogP contribution in [0.15, 0.2) is 42.5 Å². The van der Waals surface area contributed by atoms with Gasteiger partial charge in [0.2, 0.25) is 5.91 Å². The van der Waals surface area contributed by atoms with Crippen molar-refractivity contribution in [3.63, 3.8) is 0 Å². The van der Waals surface area contributed by atoms with Crippen LogP contribution in [0.3, 0.4) is 0 Å². The third kappa shape index (κ3) is 4.57. The summed E-state index contributed by atoms with van der Waals surface area (Å²) in [5, 5.41) is 0. The molecule has 2 atom stereocenters. The van der Waals surface area contributed by atoms with Gasteiger partial charge in [-0.05, 0) is 50.1 Å². The van der Waals surface area contributed by atoms with Gasteiger partial charge in [0.25, 0.3) is 11.8 Å². The molecule has 2 aliphatic heterocycles. The van der Waals surface area contributed by atoms with Crippen LogP contribution in [0.1, 0.15) is 35.2 Å². The topological polar surface area (TPSA) is 85.4 Å². The van der Waals surface area contributed by atoms with E-state index in [0.29, 0.717) is 29.4 Å². The van der Waals surface area contributed by atoms with Crippen molar-refractivity contribution in [2.75, 3.05) is 32.3 Å². The fourth-order valence-electron chi connectivity index (χ4n) is 4.32. The van der Waals surface area contributed by atoms with Crippen LogP contribution in [0.2, 0.25) is 0 Å². The molecule has 2 heterocycles. The summed E-state index contributed by atoms with van der Waals surface area (Å²) >= 11 is 0. The maximum absolute atomic E-state index is 13.6. The molecule has 0 aliphatic carbocycles. The third-order valence-electron chi connectivity index (χ3n) is 6.11. The minimum Gasteiger partial charge on any atom is -0.493 e. The van der Waals surface area contributed by atoms with Gasteiger partial charge in [-0.25, -0.2) is 4.90 Å². The van der Waals surface area contributed by atoms with Gasteiger partial charge in [-0.3, -0.25) is 14.4 Å². The highest BCUT2D eigenvalue weighted by molar-refractivity contribution is 6.23. The lowest BCUT2D eigenvalue weighted by atomic mass is 10.1. The number of ether oxygens (including phenoxy) is 3. The molecular weight excluding hydrogens is 424 g/mol. The Hall–Kier alpha value is -3.39. The number of methoxy groups -OCH3 is 2. The Morgan fingerprint density at radius 1 is 1.09 bits per heavy atom. The van der Waals surface area contributed by atoms with E-state index in [1.165, 1.54) is 24.0 Å². The molecule has 2 aliphatic rings. The molecule has 0 N–H and O–H groups in total. The van der Waals surface area contributed by atoms with Crippen molar-refractivity contribution in [3.05, 3.63) is 53.6 Å². The third-order valence-corrected chi connectivity index (χ3v) is 6.11. The van der Waals surface area contributed by atoms with Crippen molar-refractivity contribution in [2.24, 2.45) is 0 Å². The van der Waals surface area contributed by atoms with Gasteiger partial charge in [0.1, 0.15) is 6.04 Å². The van der Waals surface area contributed by atoms with Gasteiger partial charge in [0.05, 0.1) is 32.4 Å². The highest BCUT2D eigenvalue weighted by Gasteiger charge is 2.45. The lowest BCUT2D eigenvalue weighted by Gasteiger charge is -2.30. The van der Waals surface area contributed by atoms with Gasteiger partial charge >= 0.3 is 0 Å². The van der Waals surface area contributed by atoms with Gasteiger partial charge in [0, 0.05) is 18.7 Å². The van der Waals surface area contributed by atoms with E-state index in [1.807, 2.05) is 19.1 Å². The Morgan fingerprint density at radius 3 is 2.45 bits per heavy atom. The number of aryl methyl sites for hydroxylation is 1. The molecule has 2 aromatic carbocycles. The van der Waals surface area contributed by atoms with Gasteiger partial charge < -0.3 is 19.1 Å². The summed E-state index contributed by atoms with van der Waals surface area (Å²) in [7, 11) is 3.01. The lowest BCUT2D eigenvalue weighted by molar-refractivity contribution is -0.122. The van der Waals surface area contributed by atoms with E-state index >= 15 is 0 Å². The van der Waals surface area contributed by atoms with Crippen molar-refractivity contribution in [2.45, 2.75) is 38.3 Å². The Kier molecular flexibility index (Phi) is 6.65. The number of anilines is 1. The van der Waals surface area contributed by atoms with E-state index in [9.17, 15) is 14.4 Å². The summed E-state index contributed by atoms with van der Waals surface area (Å²) in [6.45, 7) is 2.79. The number of carbonyl (C=O) groups is 3. The van der Waals surface area contributed by atoms with Crippen molar-refractivity contribution < 1.29 is 28.6 Å². The van der Waals surface area contributed by atoms with Crippen LogP contribution < -0.4 is 14.4 Å². The van der Waals surface area contributed by atoms with E-state index in [1.54, 1.807) is 30.3 Å². The minimum atomic E-state index is -0.899. The average molecular weight is 453 g/mol. The Morgan fingerprint density at radius 2 is 1.82 bits per heavy atom. The zero-order valence-corrected chi connectivity index (χ0v) is 19.1. The number of hydrogen-bond acceptors (Lipinski definition) is 6. The maximum atomic E-state index is 13.6. The summed E-state index contributed by atoms with van der Waals surface area (Å²) in [6, 6.07) is 11.2. The molecule has 8 nitrogen and oxygen atoms in total. The van der Waals surface area contributed by atoms with Crippen LogP contribution in [0.5, 0.6) is 11.5 Å². The van der Waals surface area contributed by atoms with E-state index in [0.717, 1.165) is 18.4 Å². The van der Waals surface area contributed by atoms with Crippen LogP contribution in [0.25, 0.3) is 0 Å². The first-order valence-corrected chi connectivity index (χ1v) is 11.0. The van der Waals surface area contributed by atoms with Crippen molar-refractivity contribution >= 4 is 23.4 Å². The number of amides is 3. The van der Waals surface area contributed by atoms with Crippen LogP contribution in [0.4, 0.5) is 5.69 Å². The summed E-state index contributed by atoms with van der Waals surface area (Å²) in [5.74, 6) is -0.182. The van der Waals surface area contributed by atoms with Crippen LogP contribution in [-0.4, -0.2) is 62.1 Å².